The van der Waals surface area contributed by atoms with E-state index in [0.29, 0.717) is 25.1 Å². The molecule has 21 heavy (non-hydrogen) atoms. The summed E-state index contributed by atoms with van der Waals surface area (Å²) >= 11 is 0. The maximum absolute atomic E-state index is 13.7. The van der Waals surface area contributed by atoms with E-state index in [-0.39, 0.29) is 0 Å². The lowest BCUT2D eigenvalue weighted by Crippen LogP contribution is -2.54. The first-order chi connectivity index (χ1) is 9.83. The Kier molecular flexibility index (Phi) is 4.17. The average molecular weight is 299 g/mol. The molecule has 1 aliphatic heterocycles. The molecular formula is C13H15F2N3O3. The number of nitrogens with zero attached hydrogens (tertiary/aromatic N) is 1. The third-order valence-corrected chi connectivity index (χ3v) is 3.59. The molecule has 114 valence electrons. The van der Waals surface area contributed by atoms with Crippen LogP contribution in [0.5, 0.6) is 0 Å². The molecule has 1 amide bonds. The summed E-state index contributed by atoms with van der Waals surface area (Å²) in [6.45, 7) is 2.28. The maximum Gasteiger partial charge on any atom is 0.298 e. The molecule has 1 aromatic rings. The lowest BCUT2D eigenvalue weighted by Gasteiger charge is -2.33. The van der Waals surface area contributed by atoms with Crippen molar-refractivity contribution in [2.45, 2.75) is 31.7 Å². The van der Waals surface area contributed by atoms with Gasteiger partial charge in [-0.15, -0.1) is 0 Å². The Labute approximate surface area is 119 Å². The number of amides is 1. The number of carbonyl (C=O) groups is 1. The van der Waals surface area contributed by atoms with Gasteiger partial charge >= 0.3 is 0 Å². The molecule has 2 N–H and O–H groups in total. The predicted molar refractivity (Wildman–Crippen MR) is 71.9 cm³/mol. The van der Waals surface area contributed by atoms with E-state index in [1.54, 1.807) is 6.92 Å². The van der Waals surface area contributed by atoms with Gasteiger partial charge in [-0.2, -0.15) is 0 Å². The topological polar surface area (TPSA) is 84.3 Å². The van der Waals surface area contributed by atoms with Gasteiger partial charge in [-0.3, -0.25) is 14.9 Å². The van der Waals surface area contributed by atoms with Crippen LogP contribution >= 0.6 is 0 Å². The van der Waals surface area contributed by atoms with Gasteiger partial charge in [0.05, 0.1) is 16.5 Å². The van der Waals surface area contributed by atoms with E-state index in [0.717, 1.165) is 12.8 Å². The van der Waals surface area contributed by atoms with Crippen LogP contribution in [0.15, 0.2) is 12.1 Å². The van der Waals surface area contributed by atoms with E-state index < -0.39 is 39.4 Å². The number of halogens is 2. The van der Waals surface area contributed by atoms with E-state index in [4.69, 9.17) is 0 Å². The maximum atomic E-state index is 13.7. The summed E-state index contributed by atoms with van der Waals surface area (Å²) < 4.78 is 26.8. The smallest absolute Gasteiger partial charge is 0.298 e. The van der Waals surface area contributed by atoms with Crippen LogP contribution in [0, 0.1) is 21.7 Å². The van der Waals surface area contributed by atoms with Gasteiger partial charge in [-0.25, -0.2) is 8.78 Å². The largest absolute Gasteiger partial charge is 0.316 e. The number of anilines is 1. The van der Waals surface area contributed by atoms with Crippen LogP contribution in [0.4, 0.5) is 20.2 Å². The molecule has 0 saturated carbocycles. The number of hydrogen-bond acceptors (Lipinski definition) is 4. The third-order valence-electron chi connectivity index (χ3n) is 3.59. The molecule has 0 aromatic heterocycles. The van der Waals surface area contributed by atoms with Gasteiger partial charge in [0.1, 0.15) is 5.82 Å². The molecule has 1 aromatic carbocycles. The number of hydrogen-bond donors (Lipinski definition) is 2. The number of nitro groups is 1. The van der Waals surface area contributed by atoms with Gasteiger partial charge in [0.15, 0.2) is 11.5 Å². The van der Waals surface area contributed by atoms with Crippen molar-refractivity contribution in [3.05, 3.63) is 33.9 Å². The summed E-state index contributed by atoms with van der Waals surface area (Å²) in [6.07, 6.45) is 2.29. The molecule has 1 saturated heterocycles. The number of benzene rings is 1. The molecule has 1 heterocycles. The summed E-state index contributed by atoms with van der Waals surface area (Å²) in [6, 6.07) is 1.08. The van der Waals surface area contributed by atoms with E-state index in [1.807, 2.05) is 0 Å². The van der Waals surface area contributed by atoms with Crippen LogP contribution in [0.2, 0.25) is 0 Å². The van der Waals surface area contributed by atoms with Crippen molar-refractivity contribution in [2.24, 2.45) is 0 Å². The van der Waals surface area contributed by atoms with E-state index in [9.17, 15) is 23.7 Å². The molecular weight excluding hydrogens is 284 g/mol. The van der Waals surface area contributed by atoms with Crippen LogP contribution in [-0.4, -0.2) is 22.9 Å². The molecule has 1 atom stereocenters. The first-order valence-electron chi connectivity index (χ1n) is 6.53. The molecule has 1 unspecified atom stereocenters. The Bertz CT molecular complexity index is 586. The summed E-state index contributed by atoms with van der Waals surface area (Å²) in [5, 5.41) is 16.1. The Balaban J connectivity index is 2.30. The number of piperidine rings is 1. The molecule has 2 rings (SSSR count). The first kappa shape index (κ1) is 15.3. The quantitative estimate of drug-likeness (QED) is 0.663. The molecule has 0 spiro atoms. The van der Waals surface area contributed by atoms with E-state index in [1.165, 1.54) is 0 Å². The van der Waals surface area contributed by atoms with Gasteiger partial charge < -0.3 is 10.6 Å². The predicted octanol–water partition coefficient (Wildman–Crippen LogP) is 2.34. The third kappa shape index (κ3) is 3.15. The lowest BCUT2D eigenvalue weighted by atomic mass is 9.90. The monoisotopic (exact) mass is 299 g/mol. The van der Waals surface area contributed by atoms with Crippen molar-refractivity contribution < 1.29 is 18.5 Å². The highest BCUT2D eigenvalue weighted by Gasteiger charge is 2.36. The SMILES string of the molecule is CC1(C(=O)Nc2c(F)cc(F)cc2[N+](=O)[O-])CCCCN1. The van der Waals surface area contributed by atoms with Gasteiger partial charge in [0, 0.05) is 6.07 Å². The summed E-state index contributed by atoms with van der Waals surface area (Å²) in [5.41, 5.74) is -2.34. The Morgan fingerprint density at radius 1 is 1.43 bits per heavy atom. The second kappa shape index (κ2) is 5.72. The van der Waals surface area contributed by atoms with Gasteiger partial charge in [0.2, 0.25) is 5.91 Å². The van der Waals surface area contributed by atoms with Crippen molar-refractivity contribution in [2.75, 3.05) is 11.9 Å². The standard InChI is InChI=1S/C13H15F2N3O3/c1-13(4-2-3-5-16-13)12(19)17-11-9(15)6-8(14)7-10(11)18(20)21/h6-7,16H,2-5H2,1H3,(H,17,19). The number of nitro benzene ring substituents is 1. The van der Waals surface area contributed by atoms with Crippen LogP contribution in [0.25, 0.3) is 0 Å². The second-order valence-corrected chi connectivity index (χ2v) is 5.21. The van der Waals surface area contributed by atoms with Crippen LogP contribution in [0.3, 0.4) is 0 Å². The minimum absolute atomic E-state index is 0.499. The highest BCUT2D eigenvalue weighted by molar-refractivity contribution is 5.99. The minimum Gasteiger partial charge on any atom is -0.316 e. The minimum atomic E-state index is -1.17. The number of nitrogens with one attached hydrogen (secondary N) is 2. The highest BCUT2D eigenvalue weighted by Crippen LogP contribution is 2.30. The molecule has 8 heteroatoms. The first-order valence-corrected chi connectivity index (χ1v) is 6.53. The van der Waals surface area contributed by atoms with Crippen LogP contribution in [-0.2, 0) is 4.79 Å². The fourth-order valence-electron chi connectivity index (χ4n) is 2.33. The number of carbonyl (C=O) groups excluding carboxylic acids is 1. The second-order valence-electron chi connectivity index (χ2n) is 5.21. The van der Waals surface area contributed by atoms with Gasteiger partial charge in [0.25, 0.3) is 5.69 Å². The molecule has 6 nitrogen and oxygen atoms in total. The van der Waals surface area contributed by atoms with E-state index >= 15 is 0 Å². The van der Waals surface area contributed by atoms with Crippen molar-refractivity contribution >= 4 is 17.3 Å². The van der Waals surface area contributed by atoms with Crippen LogP contribution in [0.1, 0.15) is 26.2 Å². The lowest BCUT2D eigenvalue weighted by molar-refractivity contribution is -0.384. The average Bonchev–Trinajstić information content (AvgIpc) is 2.41. The van der Waals surface area contributed by atoms with Crippen molar-refractivity contribution in [3.8, 4) is 0 Å². The number of rotatable bonds is 3. The fourth-order valence-corrected chi connectivity index (χ4v) is 2.33. The Hall–Kier alpha value is -2.09. The van der Waals surface area contributed by atoms with Crippen molar-refractivity contribution in [1.82, 2.24) is 5.32 Å². The summed E-state index contributed by atoms with van der Waals surface area (Å²) in [7, 11) is 0. The van der Waals surface area contributed by atoms with Crippen molar-refractivity contribution in [1.29, 1.82) is 0 Å². The van der Waals surface area contributed by atoms with Crippen molar-refractivity contribution in [3.63, 3.8) is 0 Å². The Morgan fingerprint density at radius 2 is 2.14 bits per heavy atom. The van der Waals surface area contributed by atoms with Gasteiger partial charge in [-0.05, 0) is 32.7 Å². The van der Waals surface area contributed by atoms with Gasteiger partial charge in [-0.1, -0.05) is 0 Å². The normalized spacial score (nSPS) is 21.9. The van der Waals surface area contributed by atoms with E-state index in [2.05, 4.69) is 10.6 Å². The zero-order valence-electron chi connectivity index (χ0n) is 11.4. The summed E-state index contributed by atoms with van der Waals surface area (Å²) in [4.78, 5) is 22.2. The highest BCUT2D eigenvalue weighted by atomic mass is 19.1. The molecule has 1 aliphatic rings. The molecule has 1 fully saturated rings. The molecule has 0 aliphatic carbocycles. The fraction of sp³-hybridized carbons (Fsp3) is 0.462. The Morgan fingerprint density at radius 3 is 2.71 bits per heavy atom. The zero-order chi connectivity index (χ0) is 15.6. The molecule has 0 radical (unpaired) electrons. The summed E-state index contributed by atoms with van der Waals surface area (Å²) in [5.74, 6) is -2.82. The zero-order valence-corrected chi connectivity index (χ0v) is 11.4. The van der Waals surface area contributed by atoms with Crippen LogP contribution < -0.4 is 10.6 Å². The molecule has 0 bridgehead atoms.